The first kappa shape index (κ1) is 15.9. The molecule has 0 saturated heterocycles. The highest BCUT2D eigenvalue weighted by Gasteiger charge is 2.09. The second kappa shape index (κ2) is 7.29. The van der Waals surface area contributed by atoms with Crippen LogP contribution in [0.2, 0.25) is 0 Å². The Morgan fingerprint density at radius 2 is 2.06 bits per heavy atom. The molecule has 1 aromatic heterocycles. The van der Waals surface area contributed by atoms with E-state index in [2.05, 4.69) is 15.7 Å². The number of amides is 1. The number of aryl methyl sites for hydroxylation is 2. The minimum atomic E-state index is 0. The lowest BCUT2D eigenvalue weighted by Crippen LogP contribution is -2.26. The number of nitrogens with zero attached hydrogens (tertiary/aromatic N) is 2. The summed E-state index contributed by atoms with van der Waals surface area (Å²) >= 11 is 0. The molecule has 0 aliphatic heterocycles. The number of carbonyl (C=O) groups excluding carboxylic acids is 1. The molecule has 0 bridgehead atoms. The Morgan fingerprint density at radius 3 is 2.53 bits per heavy atom. The number of halogens is 1. The molecule has 1 amide bonds. The number of hydrogen-bond donors (Lipinski definition) is 2. The summed E-state index contributed by atoms with van der Waals surface area (Å²) in [5.74, 6) is 0.0667. The Balaban J connectivity index is 0.00000256. The quantitative estimate of drug-likeness (QED) is 0.819. The van der Waals surface area contributed by atoms with Crippen molar-refractivity contribution in [3.8, 4) is 0 Å². The van der Waals surface area contributed by atoms with Crippen LogP contribution in [0.15, 0.2) is 0 Å². The van der Waals surface area contributed by atoms with Gasteiger partial charge in [-0.15, -0.1) is 12.4 Å². The molecule has 0 aliphatic carbocycles. The zero-order valence-electron chi connectivity index (χ0n) is 10.8. The predicted octanol–water partition coefficient (Wildman–Crippen LogP) is 0.684. The molecule has 6 heteroatoms. The van der Waals surface area contributed by atoms with E-state index in [9.17, 15) is 4.79 Å². The summed E-state index contributed by atoms with van der Waals surface area (Å²) in [4.78, 5) is 11.4. The second-order valence-corrected chi connectivity index (χ2v) is 3.90. The van der Waals surface area contributed by atoms with Gasteiger partial charge >= 0.3 is 0 Å². The van der Waals surface area contributed by atoms with E-state index < -0.39 is 0 Å². The molecule has 1 aromatic rings. The third-order valence-corrected chi connectivity index (χ3v) is 2.72. The Kier molecular flexibility index (Phi) is 6.83. The summed E-state index contributed by atoms with van der Waals surface area (Å²) < 4.78 is 1.84. The highest BCUT2D eigenvalue weighted by molar-refractivity contribution is 5.85. The number of aromatic nitrogens is 2. The van der Waals surface area contributed by atoms with E-state index in [0.29, 0.717) is 19.5 Å². The number of nitrogens with one attached hydrogen (secondary N) is 2. The average Bonchev–Trinajstić information content (AvgIpc) is 2.48. The SMILES string of the molecule is CNCCC(=O)NCc1c(C)nn(C)c1C.Cl. The first-order valence-corrected chi connectivity index (χ1v) is 5.46. The van der Waals surface area contributed by atoms with E-state index in [0.717, 1.165) is 17.0 Å². The predicted molar refractivity (Wildman–Crippen MR) is 70.3 cm³/mol. The Morgan fingerprint density at radius 1 is 1.41 bits per heavy atom. The largest absolute Gasteiger partial charge is 0.352 e. The molecule has 0 unspecified atom stereocenters. The normalized spacial score (nSPS) is 9.88. The van der Waals surface area contributed by atoms with Gasteiger partial charge in [0.25, 0.3) is 0 Å². The van der Waals surface area contributed by atoms with Gasteiger partial charge in [0, 0.05) is 37.8 Å². The molecule has 98 valence electrons. The third kappa shape index (κ3) is 4.36. The van der Waals surface area contributed by atoms with Crippen molar-refractivity contribution in [1.82, 2.24) is 20.4 Å². The maximum absolute atomic E-state index is 11.4. The molecule has 0 spiro atoms. The van der Waals surface area contributed by atoms with Crippen LogP contribution in [0.5, 0.6) is 0 Å². The summed E-state index contributed by atoms with van der Waals surface area (Å²) in [5.41, 5.74) is 3.20. The molecule has 17 heavy (non-hydrogen) atoms. The minimum Gasteiger partial charge on any atom is -0.352 e. The third-order valence-electron chi connectivity index (χ3n) is 2.72. The van der Waals surface area contributed by atoms with Crippen molar-refractivity contribution < 1.29 is 4.79 Å². The molecule has 0 radical (unpaired) electrons. The summed E-state index contributed by atoms with van der Waals surface area (Å²) in [7, 11) is 3.75. The number of rotatable bonds is 5. The van der Waals surface area contributed by atoms with Gasteiger partial charge in [-0.2, -0.15) is 5.10 Å². The molecule has 1 heterocycles. The van der Waals surface area contributed by atoms with Crippen molar-refractivity contribution in [1.29, 1.82) is 0 Å². The van der Waals surface area contributed by atoms with Crippen LogP contribution in [0, 0.1) is 13.8 Å². The van der Waals surface area contributed by atoms with E-state index in [1.54, 1.807) is 0 Å². The van der Waals surface area contributed by atoms with Crippen LogP contribution in [0.4, 0.5) is 0 Å². The van der Waals surface area contributed by atoms with Crippen molar-refractivity contribution in [2.24, 2.45) is 7.05 Å². The van der Waals surface area contributed by atoms with Gasteiger partial charge in [-0.1, -0.05) is 0 Å². The minimum absolute atomic E-state index is 0. The lowest BCUT2D eigenvalue weighted by Gasteiger charge is -2.05. The van der Waals surface area contributed by atoms with Crippen molar-refractivity contribution >= 4 is 18.3 Å². The van der Waals surface area contributed by atoms with Crippen molar-refractivity contribution in [3.63, 3.8) is 0 Å². The second-order valence-electron chi connectivity index (χ2n) is 3.90. The monoisotopic (exact) mass is 260 g/mol. The van der Waals surface area contributed by atoms with Gasteiger partial charge in [-0.05, 0) is 20.9 Å². The maximum atomic E-state index is 11.4. The standard InChI is InChI=1S/C11H20N4O.ClH/c1-8-10(9(2)15(4)14-8)7-13-11(16)5-6-12-3;/h12H,5-7H2,1-4H3,(H,13,16);1H. The van der Waals surface area contributed by atoms with Crippen LogP contribution in [0.1, 0.15) is 23.4 Å². The van der Waals surface area contributed by atoms with E-state index in [4.69, 9.17) is 0 Å². The first-order valence-electron chi connectivity index (χ1n) is 5.46. The van der Waals surface area contributed by atoms with Gasteiger partial charge in [-0.3, -0.25) is 9.48 Å². The molecule has 2 N–H and O–H groups in total. The van der Waals surface area contributed by atoms with Crippen molar-refractivity contribution in [2.45, 2.75) is 26.8 Å². The lowest BCUT2D eigenvalue weighted by molar-refractivity contribution is -0.121. The fourth-order valence-corrected chi connectivity index (χ4v) is 1.59. The van der Waals surface area contributed by atoms with Gasteiger partial charge in [0.05, 0.1) is 5.69 Å². The van der Waals surface area contributed by atoms with Crippen LogP contribution < -0.4 is 10.6 Å². The molecule has 0 aliphatic rings. The average molecular weight is 261 g/mol. The van der Waals surface area contributed by atoms with Crippen molar-refractivity contribution in [3.05, 3.63) is 17.0 Å². The molecular weight excluding hydrogens is 240 g/mol. The van der Waals surface area contributed by atoms with Crippen molar-refractivity contribution in [2.75, 3.05) is 13.6 Å². The van der Waals surface area contributed by atoms with Crippen LogP contribution in [0.25, 0.3) is 0 Å². The van der Waals surface area contributed by atoms with Crippen LogP contribution >= 0.6 is 12.4 Å². The zero-order valence-corrected chi connectivity index (χ0v) is 11.6. The van der Waals surface area contributed by atoms with E-state index in [1.165, 1.54) is 0 Å². The topological polar surface area (TPSA) is 59.0 Å². The smallest absolute Gasteiger partial charge is 0.221 e. The number of hydrogen-bond acceptors (Lipinski definition) is 3. The lowest BCUT2D eigenvalue weighted by atomic mass is 10.2. The maximum Gasteiger partial charge on any atom is 0.221 e. The Bertz CT molecular complexity index is 376. The van der Waals surface area contributed by atoms with Gasteiger partial charge in [0.2, 0.25) is 5.91 Å². The number of carbonyl (C=O) groups is 1. The molecule has 5 nitrogen and oxygen atoms in total. The molecule has 1 rings (SSSR count). The molecular formula is C11H21ClN4O. The molecule has 0 atom stereocenters. The highest BCUT2D eigenvalue weighted by atomic mass is 35.5. The summed E-state index contributed by atoms with van der Waals surface area (Å²) in [6.07, 6.45) is 0.509. The van der Waals surface area contributed by atoms with E-state index in [1.807, 2.05) is 32.6 Å². The van der Waals surface area contributed by atoms with E-state index >= 15 is 0 Å². The Labute approximate surface area is 108 Å². The summed E-state index contributed by atoms with van der Waals surface area (Å²) in [6.45, 7) is 5.24. The first-order chi connectivity index (χ1) is 7.56. The molecule has 0 saturated carbocycles. The van der Waals surface area contributed by atoms with Gasteiger partial charge < -0.3 is 10.6 Å². The fourth-order valence-electron chi connectivity index (χ4n) is 1.59. The summed E-state index contributed by atoms with van der Waals surface area (Å²) in [5, 5.41) is 10.1. The molecule has 0 fully saturated rings. The Hall–Kier alpha value is -1.07. The van der Waals surface area contributed by atoms with E-state index in [-0.39, 0.29) is 18.3 Å². The highest BCUT2D eigenvalue weighted by Crippen LogP contribution is 2.10. The zero-order chi connectivity index (χ0) is 12.1. The summed E-state index contributed by atoms with van der Waals surface area (Å²) in [6, 6.07) is 0. The molecule has 0 aromatic carbocycles. The van der Waals surface area contributed by atoms with Crippen LogP contribution in [-0.2, 0) is 18.4 Å². The van der Waals surface area contributed by atoms with Gasteiger partial charge in [0.15, 0.2) is 0 Å². The van der Waals surface area contributed by atoms with Gasteiger partial charge in [0.1, 0.15) is 0 Å². The van der Waals surface area contributed by atoms with Crippen LogP contribution in [0.3, 0.4) is 0 Å². The van der Waals surface area contributed by atoms with Crippen LogP contribution in [-0.4, -0.2) is 29.3 Å². The fraction of sp³-hybridized carbons (Fsp3) is 0.636. The van der Waals surface area contributed by atoms with Gasteiger partial charge in [-0.25, -0.2) is 0 Å².